The van der Waals surface area contributed by atoms with Crippen molar-refractivity contribution in [1.29, 1.82) is 0 Å². The second kappa shape index (κ2) is 7.87. The van der Waals surface area contributed by atoms with Crippen LogP contribution < -0.4 is 5.56 Å². The van der Waals surface area contributed by atoms with Crippen molar-refractivity contribution in [3.63, 3.8) is 0 Å². The largest absolute Gasteiger partial charge is 0.392 e. The van der Waals surface area contributed by atoms with Gasteiger partial charge in [-0.2, -0.15) is 0 Å². The molecule has 0 aliphatic carbocycles. The van der Waals surface area contributed by atoms with Crippen LogP contribution in [0, 0.1) is 0 Å². The average Bonchev–Trinajstić information content (AvgIpc) is 2.52. The molecule has 118 valence electrons. The fraction of sp³-hybridized carbons (Fsp3) is 0.412. The second-order valence-corrected chi connectivity index (χ2v) is 5.38. The Morgan fingerprint density at radius 3 is 2.95 bits per heavy atom. The topological polar surface area (TPSA) is 69.2 Å². The van der Waals surface area contributed by atoms with Gasteiger partial charge in [0.25, 0.3) is 5.56 Å². The van der Waals surface area contributed by atoms with Gasteiger partial charge in [0.2, 0.25) is 0 Å². The van der Waals surface area contributed by atoms with Gasteiger partial charge >= 0.3 is 0 Å². The van der Waals surface area contributed by atoms with Gasteiger partial charge in [-0.05, 0) is 31.5 Å². The number of para-hydroxylation sites is 1. The number of likely N-dealkylation sites (N-methyl/N-ethyl adjacent to an activating group) is 1. The van der Waals surface area contributed by atoms with Crippen LogP contribution in [0.2, 0.25) is 0 Å². The van der Waals surface area contributed by atoms with Crippen LogP contribution in [0.15, 0.2) is 41.7 Å². The first-order valence-corrected chi connectivity index (χ1v) is 7.63. The molecule has 1 heterocycles. The fourth-order valence-electron chi connectivity index (χ4n) is 2.43. The van der Waals surface area contributed by atoms with Crippen molar-refractivity contribution in [1.82, 2.24) is 14.9 Å². The van der Waals surface area contributed by atoms with Crippen molar-refractivity contribution in [3.8, 4) is 0 Å². The summed E-state index contributed by atoms with van der Waals surface area (Å²) in [6, 6.07) is 7.30. The zero-order valence-corrected chi connectivity index (χ0v) is 13.0. The van der Waals surface area contributed by atoms with E-state index in [9.17, 15) is 9.90 Å². The summed E-state index contributed by atoms with van der Waals surface area (Å²) >= 11 is 0. The highest BCUT2D eigenvalue weighted by atomic mass is 16.3. The molecule has 2 rings (SSSR count). The van der Waals surface area contributed by atoms with E-state index in [-0.39, 0.29) is 5.56 Å². The number of H-pyrrole nitrogens is 1. The first kappa shape index (κ1) is 16.4. The Kier molecular flexibility index (Phi) is 5.86. The molecule has 0 saturated carbocycles. The third-order valence-electron chi connectivity index (χ3n) is 3.66. The van der Waals surface area contributed by atoms with Gasteiger partial charge in [-0.25, -0.2) is 4.98 Å². The van der Waals surface area contributed by atoms with Gasteiger partial charge < -0.3 is 10.1 Å². The number of benzene rings is 1. The number of nitrogens with one attached hydrogen (secondary N) is 1. The smallest absolute Gasteiger partial charge is 0.258 e. The molecular weight excluding hydrogens is 278 g/mol. The van der Waals surface area contributed by atoms with E-state index in [1.54, 1.807) is 6.07 Å². The minimum Gasteiger partial charge on any atom is -0.392 e. The van der Waals surface area contributed by atoms with E-state index in [1.807, 2.05) is 31.2 Å². The summed E-state index contributed by atoms with van der Waals surface area (Å²) in [5.74, 6) is 0.626. The number of nitrogens with zero attached hydrogens (tertiary/aromatic N) is 2. The molecule has 0 radical (unpaired) electrons. The number of hydrogen-bond acceptors (Lipinski definition) is 4. The quantitative estimate of drug-likeness (QED) is 0.732. The molecule has 2 aromatic rings. The predicted molar refractivity (Wildman–Crippen MR) is 88.8 cm³/mol. The maximum atomic E-state index is 12.1. The third kappa shape index (κ3) is 4.26. The molecule has 5 nitrogen and oxygen atoms in total. The summed E-state index contributed by atoms with van der Waals surface area (Å²) in [5, 5.41) is 10.6. The number of aliphatic hydroxyl groups is 1. The van der Waals surface area contributed by atoms with Gasteiger partial charge in [-0.15, -0.1) is 6.58 Å². The SMILES string of the molecule is C=CCCC(O)CN(CC)Cc1nc2ccccc2c(=O)[nH]1. The number of hydrogen-bond donors (Lipinski definition) is 2. The maximum Gasteiger partial charge on any atom is 0.258 e. The number of aliphatic hydroxyl groups excluding tert-OH is 1. The van der Waals surface area contributed by atoms with E-state index >= 15 is 0 Å². The third-order valence-corrected chi connectivity index (χ3v) is 3.66. The van der Waals surface area contributed by atoms with Crippen molar-refractivity contribution >= 4 is 10.9 Å². The lowest BCUT2D eigenvalue weighted by molar-refractivity contribution is 0.104. The minimum atomic E-state index is -0.398. The summed E-state index contributed by atoms with van der Waals surface area (Å²) in [6.07, 6.45) is 2.90. The van der Waals surface area contributed by atoms with Crippen LogP contribution in [-0.4, -0.2) is 39.2 Å². The van der Waals surface area contributed by atoms with Gasteiger partial charge in [-0.3, -0.25) is 9.69 Å². The fourth-order valence-corrected chi connectivity index (χ4v) is 2.43. The monoisotopic (exact) mass is 301 g/mol. The molecule has 0 saturated heterocycles. The molecule has 1 aromatic carbocycles. The lowest BCUT2D eigenvalue weighted by Crippen LogP contribution is -2.33. The molecule has 1 unspecified atom stereocenters. The molecular formula is C17H23N3O2. The summed E-state index contributed by atoms with van der Waals surface area (Å²) in [5.41, 5.74) is 0.577. The summed E-state index contributed by atoms with van der Waals surface area (Å²) in [7, 11) is 0. The Labute approximate surface area is 130 Å². The zero-order valence-electron chi connectivity index (χ0n) is 13.0. The number of aromatic nitrogens is 2. The first-order valence-electron chi connectivity index (χ1n) is 7.63. The highest BCUT2D eigenvalue weighted by molar-refractivity contribution is 5.77. The lowest BCUT2D eigenvalue weighted by atomic mass is 10.2. The Morgan fingerprint density at radius 1 is 1.45 bits per heavy atom. The molecule has 5 heteroatoms. The van der Waals surface area contributed by atoms with E-state index < -0.39 is 6.10 Å². The van der Waals surface area contributed by atoms with Crippen LogP contribution in [-0.2, 0) is 6.54 Å². The highest BCUT2D eigenvalue weighted by Gasteiger charge is 2.12. The van der Waals surface area contributed by atoms with Crippen molar-refractivity contribution < 1.29 is 5.11 Å². The Balaban J connectivity index is 2.10. The number of allylic oxidation sites excluding steroid dienone is 1. The standard InChI is InChI=1S/C17H23N3O2/c1-3-5-8-13(21)11-20(4-2)12-16-18-15-10-7-6-9-14(15)17(22)19-16/h3,6-7,9-10,13,21H,1,4-5,8,11-12H2,2H3,(H,18,19,22). The molecule has 0 bridgehead atoms. The number of aromatic amines is 1. The zero-order chi connectivity index (χ0) is 15.9. The van der Waals surface area contributed by atoms with Crippen molar-refractivity contribution in [3.05, 3.63) is 53.1 Å². The Morgan fingerprint density at radius 2 is 2.23 bits per heavy atom. The summed E-state index contributed by atoms with van der Waals surface area (Å²) in [6.45, 7) is 7.54. The number of rotatable bonds is 8. The van der Waals surface area contributed by atoms with Gasteiger partial charge in [0.1, 0.15) is 5.82 Å². The molecule has 0 amide bonds. The Bertz CT molecular complexity index is 681. The van der Waals surface area contributed by atoms with E-state index in [2.05, 4.69) is 21.4 Å². The average molecular weight is 301 g/mol. The van der Waals surface area contributed by atoms with Gasteiger partial charge in [0.05, 0.1) is 23.6 Å². The molecule has 2 N–H and O–H groups in total. The van der Waals surface area contributed by atoms with E-state index in [0.29, 0.717) is 36.2 Å². The maximum absolute atomic E-state index is 12.1. The van der Waals surface area contributed by atoms with Crippen LogP contribution in [0.3, 0.4) is 0 Å². The highest BCUT2D eigenvalue weighted by Crippen LogP contribution is 2.08. The van der Waals surface area contributed by atoms with E-state index in [4.69, 9.17) is 0 Å². The molecule has 1 aromatic heterocycles. The number of fused-ring (bicyclic) bond motifs is 1. The summed E-state index contributed by atoms with van der Waals surface area (Å²) in [4.78, 5) is 21.5. The van der Waals surface area contributed by atoms with Crippen LogP contribution in [0.25, 0.3) is 10.9 Å². The van der Waals surface area contributed by atoms with Crippen LogP contribution in [0.5, 0.6) is 0 Å². The Hall–Kier alpha value is -1.98. The van der Waals surface area contributed by atoms with Gasteiger partial charge in [0, 0.05) is 6.54 Å². The first-order chi connectivity index (χ1) is 10.6. The predicted octanol–water partition coefficient (Wildman–Crippen LogP) is 2.07. The van der Waals surface area contributed by atoms with Crippen LogP contribution in [0.4, 0.5) is 0 Å². The summed E-state index contributed by atoms with van der Waals surface area (Å²) < 4.78 is 0. The normalized spacial score (nSPS) is 12.7. The van der Waals surface area contributed by atoms with Crippen LogP contribution in [0.1, 0.15) is 25.6 Å². The van der Waals surface area contributed by atoms with Crippen molar-refractivity contribution in [2.45, 2.75) is 32.4 Å². The van der Waals surface area contributed by atoms with Crippen LogP contribution >= 0.6 is 0 Å². The molecule has 0 aliphatic rings. The molecule has 22 heavy (non-hydrogen) atoms. The van der Waals surface area contributed by atoms with Crippen molar-refractivity contribution in [2.24, 2.45) is 0 Å². The van der Waals surface area contributed by atoms with Gasteiger partial charge in [-0.1, -0.05) is 25.1 Å². The molecule has 0 spiro atoms. The van der Waals surface area contributed by atoms with Crippen molar-refractivity contribution in [2.75, 3.05) is 13.1 Å². The lowest BCUT2D eigenvalue weighted by Gasteiger charge is -2.22. The molecule has 0 aliphatic heterocycles. The van der Waals surface area contributed by atoms with Gasteiger partial charge in [0.15, 0.2) is 0 Å². The second-order valence-electron chi connectivity index (χ2n) is 5.38. The van der Waals surface area contributed by atoms with E-state index in [0.717, 1.165) is 13.0 Å². The minimum absolute atomic E-state index is 0.121. The molecule has 1 atom stereocenters. The van der Waals surface area contributed by atoms with E-state index in [1.165, 1.54) is 0 Å². The molecule has 0 fully saturated rings.